The van der Waals surface area contributed by atoms with Crippen LogP contribution in [0.15, 0.2) is 66.7 Å². The van der Waals surface area contributed by atoms with Crippen molar-refractivity contribution in [3.63, 3.8) is 0 Å². The van der Waals surface area contributed by atoms with Gasteiger partial charge < -0.3 is 15.0 Å². The first kappa shape index (κ1) is 32.5. The number of rotatable bonds is 13. The van der Waals surface area contributed by atoms with Crippen molar-refractivity contribution >= 4 is 62.3 Å². The lowest BCUT2D eigenvalue weighted by atomic mass is 10.0. The summed E-state index contributed by atoms with van der Waals surface area (Å²) < 4.78 is 31.9. The highest BCUT2D eigenvalue weighted by molar-refractivity contribution is 7.92. The minimum Gasteiger partial charge on any atom is -0.495 e. The number of sulfonamides is 1. The number of nitrogens with one attached hydrogen (secondary N) is 1. The van der Waals surface area contributed by atoms with Gasteiger partial charge >= 0.3 is 0 Å². The molecule has 0 aliphatic carbocycles. The third-order valence-corrected chi connectivity index (χ3v) is 8.30. The summed E-state index contributed by atoms with van der Waals surface area (Å²) >= 11 is 18.8. The summed E-state index contributed by atoms with van der Waals surface area (Å²) in [7, 11) is -2.51. The van der Waals surface area contributed by atoms with Crippen LogP contribution in [0.2, 0.25) is 15.1 Å². The van der Waals surface area contributed by atoms with Crippen molar-refractivity contribution in [2.45, 2.75) is 32.4 Å². The third-order valence-electron chi connectivity index (χ3n) is 6.28. The molecule has 0 aliphatic rings. The van der Waals surface area contributed by atoms with Gasteiger partial charge in [-0.2, -0.15) is 0 Å². The Bertz CT molecular complexity index is 1470. The van der Waals surface area contributed by atoms with Crippen molar-refractivity contribution in [2.75, 3.05) is 30.8 Å². The summed E-state index contributed by atoms with van der Waals surface area (Å²) in [5, 5.41) is 3.78. The summed E-state index contributed by atoms with van der Waals surface area (Å²) in [6.07, 6.45) is 1.88. The van der Waals surface area contributed by atoms with Crippen molar-refractivity contribution in [1.29, 1.82) is 0 Å². The number of halogens is 3. The van der Waals surface area contributed by atoms with E-state index < -0.39 is 28.5 Å². The van der Waals surface area contributed by atoms with E-state index in [1.165, 1.54) is 30.2 Å². The molecule has 2 amide bonds. The second-order valence-electron chi connectivity index (χ2n) is 9.34. The molecule has 1 N–H and O–H groups in total. The first-order chi connectivity index (χ1) is 19.4. The Balaban J connectivity index is 2.08. The predicted molar refractivity (Wildman–Crippen MR) is 164 cm³/mol. The summed E-state index contributed by atoms with van der Waals surface area (Å²) in [6, 6.07) is 17.6. The molecule has 0 bridgehead atoms. The topological polar surface area (TPSA) is 96.0 Å². The monoisotopic (exact) mass is 639 g/mol. The normalized spacial score (nSPS) is 12.0. The Hall–Kier alpha value is -2.98. The average molecular weight is 641 g/mol. The van der Waals surface area contributed by atoms with Crippen LogP contribution in [0.5, 0.6) is 5.75 Å². The Labute approximate surface area is 256 Å². The fourth-order valence-electron chi connectivity index (χ4n) is 4.18. The molecule has 0 saturated heterocycles. The molecule has 12 heteroatoms. The number of amides is 2. The first-order valence-corrected chi connectivity index (χ1v) is 15.8. The van der Waals surface area contributed by atoms with E-state index in [4.69, 9.17) is 39.5 Å². The van der Waals surface area contributed by atoms with Crippen molar-refractivity contribution in [3.8, 4) is 5.75 Å². The van der Waals surface area contributed by atoms with Gasteiger partial charge in [-0.05, 0) is 47.9 Å². The van der Waals surface area contributed by atoms with Crippen LogP contribution in [0.3, 0.4) is 0 Å². The molecule has 1 atom stereocenters. The van der Waals surface area contributed by atoms with E-state index >= 15 is 0 Å². The van der Waals surface area contributed by atoms with Crippen molar-refractivity contribution in [3.05, 3.63) is 92.9 Å². The van der Waals surface area contributed by atoms with Gasteiger partial charge in [0.2, 0.25) is 21.8 Å². The Morgan fingerprint density at radius 1 is 0.976 bits per heavy atom. The van der Waals surface area contributed by atoms with Gasteiger partial charge in [-0.15, -0.1) is 0 Å². The highest BCUT2D eigenvalue weighted by atomic mass is 35.5. The maximum Gasteiger partial charge on any atom is 0.244 e. The summed E-state index contributed by atoms with van der Waals surface area (Å²) in [5.74, 6) is -0.627. The van der Waals surface area contributed by atoms with Crippen LogP contribution in [-0.2, 0) is 32.6 Å². The van der Waals surface area contributed by atoms with Crippen molar-refractivity contribution < 1.29 is 22.7 Å². The Morgan fingerprint density at radius 2 is 1.68 bits per heavy atom. The predicted octanol–water partition coefficient (Wildman–Crippen LogP) is 5.59. The number of carbonyl (C=O) groups excluding carboxylic acids is 2. The molecular weight excluding hydrogens is 609 g/mol. The number of nitrogens with zero attached hydrogens (tertiary/aromatic N) is 2. The molecule has 0 spiro atoms. The van der Waals surface area contributed by atoms with Gasteiger partial charge in [-0.3, -0.25) is 13.9 Å². The van der Waals surface area contributed by atoms with Crippen LogP contribution in [0.4, 0.5) is 5.69 Å². The number of methoxy groups -OCH3 is 1. The van der Waals surface area contributed by atoms with Gasteiger partial charge in [0.15, 0.2) is 0 Å². The van der Waals surface area contributed by atoms with Crippen LogP contribution in [0.25, 0.3) is 0 Å². The second kappa shape index (κ2) is 14.8. The molecule has 8 nitrogen and oxygen atoms in total. The first-order valence-electron chi connectivity index (χ1n) is 12.8. The van der Waals surface area contributed by atoms with Gasteiger partial charge in [-0.1, -0.05) is 78.1 Å². The minimum absolute atomic E-state index is 0.0626. The summed E-state index contributed by atoms with van der Waals surface area (Å²) in [4.78, 5) is 29.0. The third kappa shape index (κ3) is 9.00. The standard InChI is InChI=1S/C29H32Cl3N3O5S/c1-4-14-33-29(37)26(15-20-8-6-5-7-9-20)34(18-21-10-11-22(30)16-24(21)31)28(36)19-35(41(3,38)39)23-12-13-27(40-2)25(32)17-23/h5-13,16-17,26H,4,14-15,18-19H2,1-3H3,(H,33,37)/t26-/m1/s1. The molecule has 0 aliphatic heterocycles. The molecule has 0 fully saturated rings. The van der Waals surface area contributed by atoms with E-state index in [2.05, 4.69) is 5.32 Å². The van der Waals surface area contributed by atoms with Crippen molar-refractivity contribution in [2.24, 2.45) is 0 Å². The Morgan fingerprint density at radius 3 is 2.27 bits per heavy atom. The average Bonchev–Trinajstić information content (AvgIpc) is 2.93. The van der Waals surface area contributed by atoms with Gasteiger partial charge in [0.1, 0.15) is 18.3 Å². The highest BCUT2D eigenvalue weighted by Gasteiger charge is 2.33. The zero-order valence-electron chi connectivity index (χ0n) is 22.9. The van der Waals surface area contributed by atoms with E-state index in [9.17, 15) is 18.0 Å². The molecule has 3 rings (SSSR count). The zero-order chi connectivity index (χ0) is 30.2. The van der Waals surface area contributed by atoms with Gasteiger partial charge in [0.05, 0.1) is 24.1 Å². The lowest BCUT2D eigenvalue weighted by Gasteiger charge is -2.33. The smallest absolute Gasteiger partial charge is 0.244 e. The maximum absolute atomic E-state index is 14.1. The van der Waals surface area contributed by atoms with Crippen LogP contribution in [0, 0.1) is 0 Å². The van der Waals surface area contributed by atoms with Crippen LogP contribution in [-0.4, -0.2) is 57.6 Å². The van der Waals surface area contributed by atoms with E-state index in [-0.39, 0.29) is 29.6 Å². The molecule has 0 radical (unpaired) electrons. The van der Waals surface area contributed by atoms with Gasteiger partial charge in [-0.25, -0.2) is 8.42 Å². The lowest BCUT2D eigenvalue weighted by Crippen LogP contribution is -2.53. The van der Waals surface area contributed by atoms with E-state index in [0.29, 0.717) is 34.3 Å². The van der Waals surface area contributed by atoms with Gasteiger partial charge in [0.25, 0.3) is 0 Å². The molecule has 0 heterocycles. The lowest BCUT2D eigenvalue weighted by molar-refractivity contribution is -0.140. The molecule has 3 aromatic rings. The molecule has 0 aromatic heterocycles. The van der Waals surface area contributed by atoms with Crippen molar-refractivity contribution in [1.82, 2.24) is 10.2 Å². The van der Waals surface area contributed by atoms with E-state index in [1.807, 2.05) is 37.3 Å². The molecule has 220 valence electrons. The van der Waals surface area contributed by atoms with Crippen LogP contribution < -0.4 is 14.4 Å². The van der Waals surface area contributed by atoms with Crippen LogP contribution >= 0.6 is 34.8 Å². The van der Waals surface area contributed by atoms with E-state index in [0.717, 1.165) is 16.1 Å². The Kier molecular flexibility index (Phi) is 11.7. The summed E-state index contributed by atoms with van der Waals surface area (Å²) in [6.45, 7) is 1.69. The SMILES string of the molecule is CCCNC(=O)[C@@H](Cc1ccccc1)N(Cc1ccc(Cl)cc1Cl)C(=O)CN(c1ccc(OC)c(Cl)c1)S(C)(=O)=O. The number of hydrogen-bond donors (Lipinski definition) is 1. The minimum atomic E-state index is -3.95. The molecule has 3 aromatic carbocycles. The maximum atomic E-state index is 14.1. The quantitative estimate of drug-likeness (QED) is 0.263. The van der Waals surface area contributed by atoms with Gasteiger partial charge in [0, 0.05) is 29.6 Å². The zero-order valence-corrected chi connectivity index (χ0v) is 26.0. The van der Waals surface area contributed by atoms with Crippen LogP contribution in [0.1, 0.15) is 24.5 Å². The number of carbonyl (C=O) groups is 2. The molecule has 41 heavy (non-hydrogen) atoms. The number of anilines is 1. The van der Waals surface area contributed by atoms with E-state index in [1.54, 1.807) is 18.2 Å². The summed E-state index contributed by atoms with van der Waals surface area (Å²) in [5.41, 5.74) is 1.54. The number of hydrogen-bond acceptors (Lipinski definition) is 5. The largest absolute Gasteiger partial charge is 0.495 e. The fraction of sp³-hybridized carbons (Fsp3) is 0.310. The fourth-order valence-corrected chi connectivity index (χ4v) is 5.74. The molecular formula is C29H32Cl3N3O5S. The molecule has 0 unspecified atom stereocenters. The highest BCUT2D eigenvalue weighted by Crippen LogP contribution is 2.31. The molecule has 0 saturated carbocycles. The number of ether oxygens (including phenoxy) is 1. The number of benzene rings is 3. The second-order valence-corrected chi connectivity index (χ2v) is 12.5.